The van der Waals surface area contributed by atoms with E-state index in [4.69, 9.17) is 0 Å². The second-order valence-corrected chi connectivity index (χ2v) is 8.23. The number of aliphatic hydroxyl groups excluding tert-OH is 1. The van der Waals surface area contributed by atoms with Gasteiger partial charge in [-0.2, -0.15) is 5.26 Å². The summed E-state index contributed by atoms with van der Waals surface area (Å²) in [5.74, 6) is -0.778. The van der Waals surface area contributed by atoms with Gasteiger partial charge in [0.25, 0.3) is 0 Å². The van der Waals surface area contributed by atoms with Crippen molar-refractivity contribution in [1.29, 1.82) is 5.26 Å². The molecule has 2 aliphatic heterocycles. The lowest BCUT2D eigenvalue weighted by atomic mass is 9.92. The maximum Gasteiger partial charge on any atom is 0.229 e. The number of piperazine rings is 1. The van der Waals surface area contributed by atoms with E-state index in [1.165, 1.54) is 6.07 Å². The fraction of sp³-hybridized carbons (Fsp3) is 0.417. The first-order valence-corrected chi connectivity index (χ1v) is 10.7. The van der Waals surface area contributed by atoms with E-state index in [0.29, 0.717) is 63.5 Å². The van der Waals surface area contributed by atoms with Crippen molar-refractivity contribution >= 4 is 11.6 Å². The topological polar surface area (TPSA) is 70.8 Å². The van der Waals surface area contributed by atoms with Crippen molar-refractivity contribution in [2.75, 3.05) is 44.2 Å². The molecule has 162 valence electrons. The van der Waals surface area contributed by atoms with Gasteiger partial charge in [0.15, 0.2) is 0 Å². The van der Waals surface area contributed by atoms with Gasteiger partial charge in [-0.1, -0.05) is 30.3 Å². The number of halogens is 1. The quantitative estimate of drug-likeness (QED) is 0.818. The van der Waals surface area contributed by atoms with Crippen LogP contribution in [0.25, 0.3) is 0 Å². The van der Waals surface area contributed by atoms with Crippen LogP contribution in [0.5, 0.6) is 0 Å². The number of hydrogen-bond donors (Lipinski definition) is 1. The number of benzene rings is 2. The lowest BCUT2D eigenvalue weighted by Crippen LogP contribution is -2.55. The molecule has 2 aliphatic rings. The summed E-state index contributed by atoms with van der Waals surface area (Å²) in [7, 11) is 0. The van der Waals surface area contributed by atoms with Crippen LogP contribution in [0.4, 0.5) is 10.1 Å². The van der Waals surface area contributed by atoms with Gasteiger partial charge in [0.2, 0.25) is 5.91 Å². The molecule has 0 radical (unpaired) electrons. The smallest absolute Gasteiger partial charge is 0.229 e. The fourth-order valence-corrected chi connectivity index (χ4v) is 4.51. The number of likely N-dealkylation sites (tertiary alicyclic amines) is 1. The van der Waals surface area contributed by atoms with Crippen LogP contribution in [0, 0.1) is 23.1 Å². The summed E-state index contributed by atoms with van der Waals surface area (Å²) in [5.41, 5.74) is 2.14. The Hall–Kier alpha value is -2.95. The zero-order chi connectivity index (χ0) is 21.8. The fourth-order valence-electron chi connectivity index (χ4n) is 4.51. The first kappa shape index (κ1) is 21.3. The molecule has 0 saturated carbocycles. The van der Waals surface area contributed by atoms with Crippen LogP contribution >= 0.6 is 0 Å². The highest BCUT2D eigenvalue weighted by molar-refractivity contribution is 5.80. The molecule has 6 nitrogen and oxygen atoms in total. The molecular weight excluding hydrogens is 395 g/mol. The molecule has 2 saturated heterocycles. The Kier molecular flexibility index (Phi) is 6.50. The predicted octanol–water partition coefficient (Wildman–Crippen LogP) is 2.23. The maximum atomic E-state index is 14.1. The summed E-state index contributed by atoms with van der Waals surface area (Å²) in [6, 6.07) is 16.4. The van der Waals surface area contributed by atoms with E-state index in [-0.39, 0.29) is 11.7 Å². The highest BCUT2D eigenvalue weighted by atomic mass is 19.1. The minimum Gasteiger partial charge on any atom is -0.392 e. The summed E-state index contributed by atoms with van der Waals surface area (Å²) >= 11 is 0. The zero-order valence-corrected chi connectivity index (χ0v) is 17.5. The second-order valence-electron chi connectivity index (χ2n) is 8.23. The Labute approximate surface area is 182 Å². The van der Waals surface area contributed by atoms with Crippen molar-refractivity contribution in [3.63, 3.8) is 0 Å². The molecular formula is C24H27FN4O2. The number of rotatable bonds is 4. The molecule has 0 aromatic heterocycles. The lowest BCUT2D eigenvalue weighted by Gasteiger charge is -2.41. The summed E-state index contributed by atoms with van der Waals surface area (Å²) in [6.07, 6.45) is -0.139. The van der Waals surface area contributed by atoms with E-state index in [1.807, 2.05) is 29.2 Å². The summed E-state index contributed by atoms with van der Waals surface area (Å²) < 4.78 is 14.1. The number of anilines is 1. The second kappa shape index (κ2) is 9.46. The van der Waals surface area contributed by atoms with Crippen LogP contribution in [0.2, 0.25) is 0 Å². The minimum atomic E-state index is -0.667. The molecule has 7 heteroatoms. The molecule has 2 aromatic carbocycles. The van der Waals surface area contributed by atoms with E-state index >= 15 is 0 Å². The number of piperidine rings is 1. The summed E-state index contributed by atoms with van der Waals surface area (Å²) in [6.45, 7) is 3.88. The third kappa shape index (κ3) is 4.71. The molecule has 1 N–H and O–H groups in total. The summed E-state index contributed by atoms with van der Waals surface area (Å²) in [5, 5.41) is 19.9. The van der Waals surface area contributed by atoms with Gasteiger partial charge < -0.3 is 14.9 Å². The number of carbonyl (C=O) groups is 1. The van der Waals surface area contributed by atoms with Crippen molar-refractivity contribution in [1.82, 2.24) is 9.80 Å². The maximum absolute atomic E-state index is 14.1. The summed E-state index contributed by atoms with van der Waals surface area (Å²) in [4.78, 5) is 19.1. The van der Waals surface area contributed by atoms with Crippen LogP contribution in [0.1, 0.15) is 17.5 Å². The number of para-hydroxylation sites is 1. The van der Waals surface area contributed by atoms with E-state index in [0.717, 1.165) is 5.56 Å². The number of carbonyl (C=O) groups excluding carboxylic acids is 1. The highest BCUT2D eigenvalue weighted by Crippen LogP contribution is 2.25. The van der Waals surface area contributed by atoms with Gasteiger partial charge in [-0.25, -0.2) is 4.39 Å². The van der Waals surface area contributed by atoms with E-state index in [1.54, 1.807) is 23.1 Å². The third-order valence-corrected chi connectivity index (χ3v) is 6.29. The van der Waals surface area contributed by atoms with Crippen LogP contribution in [0.15, 0.2) is 48.5 Å². The van der Waals surface area contributed by atoms with Gasteiger partial charge in [-0.15, -0.1) is 0 Å². The van der Waals surface area contributed by atoms with Crippen molar-refractivity contribution < 1.29 is 14.3 Å². The zero-order valence-electron chi connectivity index (χ0n) is 17.5. The van der Waals surface area contributed by atoms with Gasteiger partial charge in [0.1, 0.15) is 5.82 Å². The van der Waals surface area contributed by atoms with Gasteiger partial charge in [0, 0.05) is 45.8 Å². The average molecular weight is 423 g/mol. The number of amides is 1. The Morgan fingerprint density at radius 1 is 1.06 bits per heavy atom. The average Bonchev–Trinajstić information content (AvgIpc) is 2.81. The van der Waals surface area contributed by atoms with Crippen LogP contribution < -0.4 is 4.90 Å². The van der Waals surface area contributed by atoms with Crippen LogP contribution in [0.3, 0.4) is 0 Å². The molecule has 4 rings (SSSR count). The van der Waals surface area contributed by atoms with Crippen molar-refractivity contribution in [2.45, 2.75) is 19.1 Å². The largest absolute Gasteiger partial charge is 0.392 e. The predicted molar refractivity (Wildman–Crippen MR) is 116 cm³/mol. The lowest BCUT2D eigenvalue weighted by molar-refractivity contribution is -0.143. The monoisotopic (exact) mass is 422 g/mol. The van der Waals surface area contributed by atoms with E-state index < -0.39 is 12.0 Å². The molecule has 0 bridgehead atoms. The van der Waals surface area contributed by atoms with E-state index in [2.05, 4.69) is 11.0 Å². The molecule has 2 aromatic rings. The molecule has 0 aliphatic carbocycles. The molecule has 0 unspecified atom stereocenters. The molecule has 1 amide bonds. The molecule has 2 fully saturated rings. The Balaban J connectivity index is 1.37. The van der Waals surface area contributed by atoms with Crippen molar-refractivity contribution in [3.05, 3.63) is 65.5 Å². The first-order chi connectivity index (χ1) is 15.1. The Morgan fingerprint density at radius 3 is 2.52 bits per heavy atom. The normalized spacial score (nSPS) is 22.2. The highest BCUT2D eigenvalue weighted by Gasteiger charge is 2.36. The standard InChI is InChI=1S/C24H27FN4O2/c25-21-7-3-4-8-22(21)28-11-13-29(14-12-28)24(31)20-17-27(10-9-23(20)30)16-19-6-2-1-5-18(19)15-26/h1-8,20,23,30H,9-14,16-17H2/t20-,23+/m0/s1. The number of nitrogens with zero attached hydrogens (tertiary/aromatic N) is 4. The van der Waals surface area contributed by atoms with E-state index in [9.17, 15) is 19.6 Å². The van der Waals surface area contributed by atoms with Gasteiger partial charge in [0.05, 0.1) is 29.3 Å². The molecule has 0 spiro atoms. The SMILES string of the molecule is N#Cc1ccccc1CN1CC[C@@H](O)[C@@H](C(=O)N2CCN(c3ccccc3F)CC2)C1. The van der Waals surface area contributed by atoms with Crippen molar-refractivity contribution in [2.24, 2.45) is 5.92 Å². The number of nitriles is 1. The first-order valence-electron chi connectivity index (χ1n) is 10.7. The number of hydrogen-bond acceptors (Lipinski definition) is 5. The Morgan fingerprint density at radius 2 is 1.77 bits per heavy atom. The van der Waals surface area contributed by atoms with Gasteiger partial charge in [-0.3, -0.25) is 9.69 Å². The van der Waals surface area contributed by atoms with Gasteiger partial charge in [-0.05, 0) is 30.2 Å². The third-order valence-electron chi connectivity index (χ3n) is 6.29. The molecule has 2 heterocycles. The Bertz CT molecular complexity index is 968. The molecule has 31 heavy (non-hydrogen) atoms. The van der Waals surface area contributed by atoms with Gasteiger partial charge >= 0.3 is 0 Å². The van der Waals surface area contributed by atoms with Crippen molar-refractivity contribution in [3.8, 4) is 6.07 Å². The molecule has 2 atom stereocenters. The number of aliphatic hydroxyl groups is 1. The minimum absolute atomic E-state index is 0.0426. The van der Waals surface area contributed by atoms with Crippen LogP contribution in [-0.4, -0.2) is 66.2 Å². The van der Waals surface area contributed by atoms with Crippen LogP contribution in [-0.2, 0) is 11.3 Å².